The predicted octanol–water partition coefficient (Wildman–Crippen LogP) is 2.46. The molecule has 0 spiro atoms. The van der Waals surface area contributed by atoms with Gasteiger partial charge in [-0.25, -0.2) is 0 Å². The number of rotatable bonds is 4. The monoisotopic (exact) mass is 294 g/mol. The van der Waals surface area contributed by atoms with Gasteiger partial charge in [0.05, 0.1) is 22.7 Å². The zero-order valence-corrected chi connectivity index (χ0v) is 11.2. The second-order valence-electron chi connectivity index (χ2n) is 4.12. The minimum atomic E-state index is -0.626. The highest BCUT2D eigenvalue weighted by atomic mass is 35.5. The van der Waals surface area contributed by atoms with Crippen LogP contribution < -0.4 is 5.32 Å². The third-order valence-corrected chi connectivity index (χ3v) is 3.18. The molecular weight excluding hydrogens is 284 g/mol. The molecule has 8 heteroatoms. The molecule has 0 saturated heterocycles. The van der Waals surface area contributed by atoms with Gasteiger partial charge in [-0.1, -0.05) is 17.7 Å². The van der Waals surface area contributed by atoms with Crippen LogP contribution in [0.2, 0.25) is 5.02 Å². The maximum absolute atomic E-state index is 12.1. The number of benzene rings is 1. The Kier molecular flexibility index (Phi) is 3.99. The summed E-state index contributed by atoms with van der Waals surface area (Å²) in [6.45, 7) is 1.77. The first-order chi connectivity index (χ1) is 9.50. The van der Waals surface area contributed by atoms with Crippen LogP contribution in [0, 0.1) is 10.1 Å². The van der Waals surface area contributed by atoms with Crippen LogP contribution in [0.1, 0.15) is 28.9 Å². The summed E-state index contributed by atoms with van der Waals surface area (Å²) in [5.74, 6) is -0.479. The van der Waals surface area contributed by atoms with Gasteiger partial charge in [0.2, 0.25) is 0 Å². The second-order valence-corrected chi connectivity index (χ2v) is 4.50. The molecule has 104 valence electrons. The fraction of sp³-hybridized carbons (Fsp3) is 0.167. The Morgan fingerprint density at radius 2 is 2.30 bits per heavy atom. The van der Waals surface area contributed by atoms with E-state index in [1.807, 2.05) is 0 Å². The van der Waals surface area contributed by atoms with Crippen molar-refractivity contribution in [3.8, 4) is 0 Å². The van der Waals surface area contributed by atoms with Crippen LogP contribution in [0.5, 0.6) is 0 Å². The Balaban J connectivity index is 2.22. The van der Waals surface area contributed by atoms with E-state index in [-0.39, 0.29) is 22.3 Å². The summed E-state index contributed by atoms with van der Waals surface area (Å²) in [6, 6.07) is 3.81. The normalized spacial score (nSPS) is 11.9. The first-order valence-electron chi connectivity index (χ1n) is 5.73. The van der Waals surface area contributed by atoms with Crippen molar-refractivity contribution in [3.63, 3.8) is 0 Å². The van der Waals surface area contributed by atoms with Gasteiger partial charge in [-0.05, 0) is 13.0 Å². The summed E-state index contributed by atoms with van der Waals surface area (Å²) in [7, 11) is 0. The Morgan fingerprint density at radius 3 is 2.90 bits per heavy atom. The van der Waals surface area contributed by atoms with Crippen molar-refractivity contribution in [2.75, 3.05) is 0 Å². The fourth-order valence-electron chi connectivity index (χ4n) is 1.69. The van der Waals surface area contributed by atoms with Gasteiger partial charge < -0.3 is 5.32 Å². The Hall–Kier alpha value is -2.41. The number of carbonyl (C=O) groups excluding carboxylic acids is 1. The molecule has 2 N–H and O–H groups in total. The minimum absolute atomic E-state index is 0.0659. The molecule has 1 aromatic carbocycles. The number of carbonyl (C=O) groups is 1. The summed E-state index contributed by atoms with van der Waals surface area (Å²) in [4.78, 5) is 22.3. The molecule has 0 aliphatic heterocycles. The maximum Gasteiger partial charge on any atom is 0.288 e. The Bertz CT molecular complexity index is 642. The topological polar surface area (TPSA) is 101 Å². The van der Waals surface area contributed by atoms with E-state index in [1.165, 1.54) is 18.2 Å². The average Bonchev–Trinajstić information content (AvgIpc) is 2.92. The van der Waals surface area contributed by atoms with E-state index in [0.29, 0.717) is 0 Å². The highest BCUT2D eigenvalue weighted by Crippen LogP contribution is 2.28. The Labute approximate surface area is 119 Å². The lowest BCUT2D eigenvalue weighted by molar-refractivity contribution is -0.384. The lowest BCUT2D eigenvalue weighted by atomic mass is 10.1. The van der Waals surface area contributed by atoms with Gasteiger partial charge in [-0.2, -0.15) is 5.10 Å². The number of aromatic nitrogens is 2. The van der Waals surface area contributed by atoms with Crippen molar-refractivity contribution in [1.82, 2.24) is 15.5 Å². The molecule has 7 nitrogen and oxygen atoms in total. The number of nitrogens with one attached hydrogen (secondary N) is 2. The molecule has 1 atom stereocenters. The van der Waals surface area contributed by atoms with Crippen molar-refractivity contribution >= 4 is 23.2 Å². The number of nitro groups is 1. The van der Waals surface area contributed by atoms with E-state index in [9.17, 15) is 14.9 Å². The standard InChI is InChI=1S/C12H11ClN4O3/c1-7(8-5-14-15-6-8)16-12(18)9-3-2-4-10(11(9)13)17(19)20/h2-7H,1H3,(H,14,15)(H,16,18). The number of H-pyrrole nitrogens is 1. The number of hydrogen-bond acceptors (Lipinski definition) is 4. The lowest BCUT2D eigenvalue weighted by Crippen LogP contribution is -2.26. The highest BCUT2D eigenvalue weighted by molar-refractivity contribution is 6.35. The zero-order valence-electron chi connectivity index (χ0n) is 10.5. The van der Waals surface area contributed by atoms with E-state index < -0.39 is 10.8 Å². The number of amides is 1. The molecule has 2 rings (SSSR count). The van der Waals surface area contributed by atoms with E-state index in [2.05, 4.69) is 15.5 Å². The summed E-state index contributed by atoms with van der Waals surface area (Å²) in [5, 5.41) is 19.7. The van der Waals surface area contributed by atoms with Crippen LogP contribution in [-0.4, -0.2) is 21.0 Å². The quantitative estimate of drug-likeness (QED) is 0.668. The molecule has 1 heterocycles. The first kappa shape index (κ1) is 14.0. The SMILES string of the molecule is CC(NC(=O)c1cccc([N+](=O)[O-])c1Cl)c1cn[nH]c1. The van der Waals surface area contributed by atoms with Crippen LogP contribution >= 0.6 is 11.6 Å². The maximum atomic E-state index is 12.1. The number of nitrogens with zero attached hydrogens (tertiary/aromatic N) is 2. The van der Waals surface area contributed by atoms with Crippen LogP contribution in [0.15, 0.2) is 30.6 Å². The average molecular weight is 295 g/mol. The molecule has 0 radical (unpaired) electrons. The summed E-state index contributed by atoms with van der Waals surface area (Å²) in [6.07, 6.45) is 3.24. The first-order valence-corrected chi connectivity index (χ1v) is 6.11. The predicted molar refractivity (Wildman–Crippen MR) is 72.6 cm³/mol. The molecule has 0 saturated carbocycles. The smallest absolute Gasteiger partial charge is 0.288 e. The molecule has 1 unspecified atom stereocenters. The van der Waals surface area contributed by atoms with Gasteiger partial charge in [0.1, 0.15) is 5.02 Å². The third kappa shape index (κ3) is 2.77. The molecule has 1 amide bonds. The third-order valence-electron chi connectivity index (χ3n) is 2.79. The summed E-state index contributed by atoms with van der Waals surface area (Å²) in [5.41, 5.74) is 0.561. The number of hydrogen-bond donors (Lipinski definition) is 2. The van der Waals surface area contributed by atoms with Gasteiger partial charge in [-0.3, -0.25) is 20.0 Å². The van der Waals surface area contributed by atoms with Crippen molar-refractivity contribution < 1.29 is 9.72 Å². The Morgan fingerprint density at radius 1 is 1.55 bits per heavy atom. The zero-order chi connectivity index (χ0) is 14.7. The van der Waals surface area contributed by atoms with Crippen molar-refractivity contribution in [3.05, 3.63) is 56.9 Å². The summed E-state index contributed by atoms with van der Waals surface area (Å²) >= 11 is 5.89. The lowest BCUT2D eigenvalue weighted by Gasteiger charge is -2.12. The molecule has 0 aliphatic carbocycles. The van der Waals surface area contributed by atoms with E-state index in [0.717, 1.165) is 5.56 Å². The molecule has 0 bridgehead atoms. The highest BCUT2D eigenvalue weighted by Gasteiger charge is 2.21. The molecule has 0 fully saturated rings. The van der Waals surface area contributed by atoms with Gasteiger partial charge in [0, 0.05) is 17.8 Å². The van der Waals surface area contributed by atoms with E-state index in [1.54, 1.807) is 19.3 Å². The minimum Gasteiger partial charge on any atom is -0.345 e. The van der Waals surface area contributed by atoms with Crippen LogP contribution in [0.4, 0.5) is 5.69 Å². The van der Waals surface area contributed by atoms with Gasteiger partial charge in [-0.15, -0.1) is 0 Å². The molecule has 20 heavy (non-hydrogen) atoms. The second kappa shape index (κ2) is 5.70. The molecular formula is C12H11ClN4O3. The number of halogens is 1. The fourth-order valence-corrected chi connectivity index (χ4v) is 1.97. The van der Waals surface area contributed by atoms with Gasteiger partial charge >= 0.3 is 0 Å². The largest absolute Gasteiger partial charge is 0.345 e. The molecule has 2 aromatic rings. The van der Waals surface area contributed by atoms with Gasteiger partial charge in [0.25, 0.3) is 11.6 Å². The van der Waals surface area contributed by atoms with Crippen molar-refractivity contribution in [2.45, 2.75) is 13.0 Å². The molecule has 0 aliphatic rings. The van der Waals surface area contributed by atoms with Gasteiger partial charge in [0.15, 0.2) is 0 Å². The van der Waals surface area contributed by atoms with Crippen molar-refractivity contribution in [2.24, 2.45) is 0 Å². The van der Waals surface area contributed by atoms with E-state index in [4.69, 9.17) is 11.6 Å². The van der Waals surface area contributed by atoms with Crippen LogP contribution in [0.25, 0.3) is 0 Å². The van der Waals surface area contributed by atoms with Crippen molar-refractivity contribution in [1.29, 1.82) is 0 Å². The number of nitro benzene ring substituents is 1. The number of aromatic amines is 1. The van der Waals surface area contributed by atoms with E-state index >= 15 is 0 Å². The molecule has 1 aromatic heterocycles. The summed E-state index contributed by atoms with van der Waals surface area (Å²) < 4.78 is 0. The van der Waals surface area contributed by atoms with Crippen LogP contribution in [0.3, 0.4) is 0 Å². The van der Waals surface area contributed by atoms with Crippen LogP contribution in [-0.2, 0) is 0 Å².